The van der Waals surface area contributed by atoms with E-state index in [-0.39, 0.29) is 0 Å². The molecule has 1 aliphatic rings. The molecule has 0 unspecified atom stereocenters. The molecule has 2 heteroatoms. The van der Waals surface area contributed by atoms with Gasteiger partial charge in [-0.3, -0.25) is 4.79 Å². The van der Waals surface area contributed by atoms with Crippen molar-refractivity contribution in [3.8, 4) is 0 Å². The molecule has 1 saturated carbocycles. The first-order chi connectivity index (χ1) is 5.15. The number of amides is 1. The van der Waals surface area contributed by atoms with Gasteiger partial charge < -0.3 is 4.90 Å². The van der Waals surface area contributed by atoms with Crippen LogP contribution in [0, 0.1) is 11.8 Å². The van der Waals surface area contributed by atoms with Crippen LogP contribution in [0.1, 0.15) is 26.7 Å². The highest BCUT2D eigenvalue weighted by Gasteiger charge is 2.32. The first kappa shape index (κ1) is 8.57. The minimum Gasteiger partial charge on any atom is -0.346 e. The summed E-state index contributed by atoms with van der Waals surface area (Å²) in [5.74, 6) is 1.45. The fraction of sp³-hybridized carbons (Fsp3) is 0.889. The van der Waals surface area contributed by atoms with Crippen LogP contribution in [0.5, 0.6) is 0 Å². The summed E-state index contributed by atoms with van der Waals surface area (Å²) in [4.78, 5) is 13.2. The highest BCUT2D eigenvalue weighted by Crippen LogP contribution is 2.33. The number of carbonyl (C=O) groups excluding carboxylic acids is 1. The number of carbonyl (C=O) groups is 1. The quantitative estimate of drug-likeness (QED) is 0.592. The molecule has 1 fully saturated rings. The van der Waals surface area contributed by atoms with Gasteiger partial charge in [0.05, 0.1) is 0 Å². The number of rotatable bonds is 2. The molecule has 0 atom stereocenters. The summed E-state index contributed by atoms with van der Waals surface area (Å²) in [5.41, 5.74) is 0. The second-order valence-electron chi connectivity index (χ2n) is 3.63. The lowest BCUT2D eigenvalue weighted by Gasteiger charge is -2.34. The maximum atomic E-state index is 11.4. The SMILES string of the molecule is CCN(C)C(=O)C1CC(C)C1. The summed E-state index contributed by atoms with van der Waals surface area (Å²) in [6.45, 7) is 5.05. The van der Waals surface area contributed by atoms with Crippen molar-refractivity contribution in [1.82, 2.24) is 4.90 Å². The van der Waals surface area contributed by atoms with Crippen LogP contribution in [0.2, 0.25) is 0 Å². The van der Waals surface area contributed by atoms with Crippen LogP contribution in [0.3, 0.4) is 0 Å². The highest BCUT2D eigenvalue weighted by atomic mass is 16.2. The van der Waals surface area contributed by atoms with Crippen LogP contribution in [0.15, 0.2) is 0 Å². The molecule has 0 aliphatic heterocycles. The Hall–Kier alpha value is -0.530. The van der Waals surface area contributed by atoms with Gasteiger partial charge in [0.1, 0.15) is 0 Å². The predicted octanol–water partition coefficient (Wildman–Crippen LogP) is 1.51. The zero-order valence-electron chi connectivity index (χ0n) is 7.63. The van der Waals surface area contributed by atoms with Gasteiger partial charge in [-0.05, 0) is 25.7 Å². The summed E-state index contributed by atoms with van der Waals surface area (Å²) in [6, 6.07) is 0. The summed E-state index contributed by atoms with van der Waals surface area (Å²) in [5, 5.41) is 0. The zero-order chi connectivity index (χ0) is 8.43. The lowest BCUT2D eigenvalue weighted by molar-refractivity contribution is -0.138. The molecule has 0 heterocycles. The largest absolute Gasteiger partial charge is 0.346 e. The Kier molecular flexibility index (Phi) is 2.53. The van der Waals surface area contributed by atoms with E-state index in [2.05, 4.69) is 6.92 Å². The number of hydrogen-bond acceptors (Lipinski definition) is 1. The van der Waals surface area contributed by atoms with Gasteiger partial charge in [-0.1, -0.05) is 6.92 Å². The van der Waals surface area contributed by atoms with Crippen molar-refractivity contribution < 1.29 is 4.79 Å². The Morgan fingerprint density at radius 3 is 2.45 bits per heavy atom. The van der Waals surface area contributed by atoms with Crippen LogP contribution < -0.4 is 0 Å². The van der Waals surface area contributed by atoms with Crippen LogP contribution in [0.25, 0.3) is 0 Å². The van der Waals surface area contributed by atoms with E-state index in [1.165, 1.54) is 0 Å². The smallest absolute Gasteiger partial charge is 0.225 e. The molecule has 0 bridgehead atoms. The third-order valence-corrected chi connectivity index (χ3v) is 2.57. The molecule has 0 radical (unpaired) electrons. The van der Waals surface area contributed by atoms with E-state index in [1.54, 1.807) is 0 Å². The van der Waals surface area contributed by atoms with Crippen molar-refractivity contribution in [2.45, 2.75) is 26.7 Å². The fourth-order valence-electron chi connectivity index (χ4n) is 1.57. The highest BCUT2D eigenvalue weighted by molar-refractivity contribution is 5.79. The van der Waals surface area contributed by atoms with Crippen molar-refractivity contribution in [1.29, 1.82) is 0 Å². The molecule has 0 spiro atoms. The van der Waals surface area contributed by atoms with Gasteiger partial charge >= 0.3 is 0 Å². The van der Waals surface area contributed by atoms with Crippen molar-refractivity contribution in [3.05, 3.63) is 0 Å². The topological polar surface area (TPSA) is 20.3 Å². The van der Waals surface area contributed by atoms with Crippen LogP contribution in [-0.4, -0.2) is 24.4 Å². The van der Waals surface area contributed by atoms with Crippen molar-refractivity contribution in [3.63, 3.8) is 0 Å². The van der Waals surface area contributed by atoms with Crippen molar-refractivity contribution in [2.75, 3.05) is 13.6 Å². The van der Waals surface area contributed by atoms with E-state index < -0.39 is 0 Å². The molecule has 0 aromatic rings. The summed E-state index contributed by atoms with van der Waals surface area (Å²) in [6.07, 6.45) is 2.20. The van der Waals surface area contributed by atoms with Gasteiger partial charge in [0, 0.05) is 19.5 Å². The van der Waals surface area contributed by atoms with Gasteiger partial charge in [-0.2, -0.15) is 0 Å². The molecular formula is C9H17NO. The van der Waals surface area contributed by atoms with Gasteiger partial charge in [0.15, 0.2) is 0 Å². The standard InChI is InChI=1S/C9H17NO/c1-4-10(3)9(11)8-5-7(2)6-8/h7-8H,4-6H2,1-3H3. The first-order valence-corrected chi connectivity index (χ1v) is 4.40. The van der Waals surface area contributed by atoms with Gasteiger partial charge in [0.25, 0.3) is 0 Å². The van der Waals surface area contributed by atoms with Crippen LogP contribution in [-0.2, 0) is 4.79 Å². The Morgan fingerprint density at radius 1 is 1.55 bits per heavy atom. The lowest BCUT2D eigenvalue weighted by atomic mass is 9.75. The third-order valence-electron chi connectivity index (χ3n) is 2.57. The maximum absolute atomic E-state index is 11.4. The van der Waals surface area contributed by atoms with Crippen LogP contribution in [0.4, 0.5) is 0 Å². The van der Waals surface area contributed by atoms with E-state index in [4.69, 9.17) is 0 Å². The molecule has 0 aromatic heterocycles. The fourth-order valence-corrected chi connectivity index (χ4v) is 1.57. The lowest BCUT2D eigenvalue weighted by Crippen LogP contribution is -2.38. The Morgan fingerprint density at radius 2 is 2.09 bits per heavy atom. The van der Waals surface area contributed by atoms with E-state index in [9.17, 15) is 4.79 Å². The van der Waals surface area contributed by atoms with E-state index in [1.807, 2.05) is 18.9 Å². The number of nitrogens with zero attached hydrogens (tertiary/aromatic N) is 1. The molecule has 11 heavy (non-hydrogen) atoms. The monoisotopic (exact) mass is 155 g/mol. The Bertz CT molecular complexity index is 150. The first-order valence-electron chi connectivity index (χ1n) is 4.40. The van der Waals surface area contributed by atoms with Crippen molar-refractivity contribution in [2.24, 2.45) is 11.8 Å². The van der Waals surface area contributed by atoms with Gasteiger partial charge in [-0.25, -0.2) is 0 Å². The normalized spacial score (nSPS) is 29.4. The predicted molar refractivity (Wildman–Crippen MR) is 45.2 cm³/mol. The zero-order valence-corrected chi connectivity index (χ0v) is 7.63. The van der Waals surface area contributed by atoms with Gasteiger partial charge in [-0.15, -0.1) is 0 Å². The molecule has 2 nitrogen and oxygen atoms in total. The van der Waals surface area contributed by atoms with E-state index >= 15 is 0 Å². The van der Waals surface area contributed by atoms with E-state index in [0.29, 0.717) is 11.8 Å². The summed E-state index contributed by atoms with van der Waals surface area (Å²) >= 11 is 0. The van der Waals surface area contributed by atoms with Crippen molar-refractivity contribution >= 4 is 5.91 Å². The molecule has 1 rings (SSSR count). The second-order valence-corrected chi connectivity index (χ2v) is 3.63. The average Bonchev–Trinajstić information content (AvgIpc) is 1.96. The second kappa shape index (κ2) is 3.24. The third kappa shape index (κ3) is 1.73. The summed E-state index contributed by atoms with van der Waals surface area (Å²) in [7, 11) is 1.88. The Labute approximate surface area is 68.6 Å². The maximum Gasteiger partial charge on any atom is 0.225 e. The molecular weight excluding hydrogens is 138 g/mol. The molecule has 1 aliphatic carbocycles. The molecule has 0 aromatic carbocycles. The molecule has 0 saturated heterocycles. The minimum atomic E-state index is 0.339. The number of hydrogen-bond donors (Lipinski definition) is 0. The molecule has 64 valence electrons. The summed E-state index contributed by atoms with van der Waals surface area (Å²) < 4.78 is 0. The molecule has 0 N–H and O–H groups in total. The van der Waals surface area contributed by atoms with Gasteiger partial charge in [0.2, 0.25) is 5.91 Å². The average molecular weight is 155 g/mol. The minimum absolute atomic E-state index is 0.339. The van der Waals surface area contributed by atoms with Crippen LogP contribution >= 0.6 is 0 Å². The van der Waals surface area contributed by atoms with E-state index in [0.717, 1.165) is 25.3 Å². The Balaban J connectivity index is 2.31. The molecule has 1 amide bonds.